The van der Waals surface area contributed by atoms with Gasteiger partial charge in [0.1, 0.15) is 12.4 Å². The van der Waals surface area contributed by atoms with Gasteiger partial charge in [0, 0.05) is 17.1 Å². The van der Waals surface area contributed by atoms with Gasteiger partial charge in [-0.25, -0.2) is 0 Å². The van der Waals surface area contributed by atoms with E-state index in [0.717, 1.165) is 16.3 Å². The molecule has 0 bridgehead atoms. The second kappa shape index (κ2) is 9.22. The van der Waals surface area contributed by atoms with E-state index < -0.39 is 0 Å². The van der Waals surface area contributed by atoms with Gasteiger partial charge >= 0.3 is 0 Å². The summed E-state index contributed by atoms with van der Waals surface area (Å²) in [5, 5.41) is 2.92. The van der Waals surface area contributed by atoms with Crippen molar-refractivity contribution in [3.05, 3.63) is 54.6 Å². The first kappa shape index (κ1) is 17.4. The van der Waals surface area contributed by atoms with Crippen LogP contribution in [0.25, 0.3) is 0 Å². The third-order valence-electron chi connectivity index (χ3n) is 3.25. The summed E-state index contributed by atoms with van der Waals surface area (Å²) in [4.78, 5) is 15.1. The first-order valence-electron chi connectivity index (χ1n) is 7.47. The maximum atomic E-state index is 12.1. The molecule has 0 heterocycles. The highest BCUT2D eigenvalue weighted by atomic mass is 32.2. The van der Waals surface area contributed by atoms with Gasteiger partial charge < -0.3 is 10.1 Å². The van der Waals surface area contributed by atoms with E-state index in [2.05, 4.69) is 5.32 Å². The smallest absolute Gasteiger partial charge is 0.238 e. The minimum atomic E-state index is -0.0227. The molecule has 0 spiro atoms. The predicted molar refractivity (Wildman–Crippen MR) is 96.3 cm³/mol. The molecule has 0 saturated heterocycles. The van der Waals surface area contributed by atoms with Crippen molar-refractivity contribution in [2.75, 3.05) is 38.3 Å². The van der Waals surface area contributed by atoms with Crippen molar-refractivity contribution in [2.24, 2.45) is 0 Å². The van der Waals surface area contributed by atoms with Crippen LogP contribution < -0.4 is 10.1 Å². The Bertz CT molecular complexity index is 619. The molecule has 4 nitrogen and oxygen atoms in total. The van der Waals surface area contributed by atoms with E-state index in [1.54, 1.807) is 11.8 Å². The van der Waals surface area contributed by atoms with Gasteiger partial charge in [-0.2, -0.15) is 0 Å². The lowest BCUT2D eigenvalue weighted by atomic mass is 10.3. The van der Waals surface area contributed by atoms with Crippen LogP contribution in [0.15, 0.2) is 59.5 Å². The Morgan fingerprint density at radius 2 is 1.96 bits per heavy atom. The zero-order chi connectivity index (χ0) is 16.5. The van der Waals surface area contributed by atoms with Gasteiger partial charge in [0.05, 0.1) is 6.54 Å². The summed E-state index contributed by atoms with van der Waals surface area (Å²) >= 11 is 1.65. The number of nitrogens with one attached hydrogen (secondary N) is 1. The summed E-state index contributed by atoms with van der Waals surface area (Å²) in [6, 6.07) is 17.5. The fourth-order valence-electron chi connectivity index (χ4n) is 2.06. The lowest BCUT2D eigenvalue weighted by molar-refractivity contribution is -0.117. The number of carbonyl (C=O) groups excluding carboxylic acids is 1. The first-order chi connectivity index (χ1) is 11.2. The highest BCUT2D eigenvalue weighted by Gasteiger charge is 2.07. The van der Waals surface area contributed by atoms with Gasteiger partial charge in [0.25, 0.3) is 0 Å². The molecule has 2 aromatic carbocycles. The van der Waals surface area contributed by atoms with Gasteiger partial charge in [0.2, 0.25) is 5.91 Å². The Labute approximate surface area is 141 Å². The topological polar surface area (TPSA) is 41.6 Å². The highest BCUT2D eigenvalue weighted by Crippen LogP contribution is 2.18. The normalized spacial score (nSPS) is 10.6. The van der Waals surface area contributed by atoms with Gasteiger partial charge in [-0.15, -0.1) is 11.8 Å². The number of carbonyl (C=O) groups is 1. The minimum Gasteiger partial charge on any atom is -0.492 e. The monoisotopic (exact) mass is 330 g/mol. The van der Waals surface area contributed by atoms with Crippen LogP contribution in [0.3, 0.4) is 0 Å². The summed E-state index contributed by atoms with van der Waals surface area (Å²) in [5.74, 6) is 0.824. The second-order valence-electron chi connectivity index (χ2n) is 5.18. The van der Waals surface area contributed by atoms with Gasteiger partial charge in [-0.05, 0) is 43.6 Å². The summed E-state index contributed by atoms with van der Waals surface area (Å²) in [5.41, 5.74) is 0.829. The number of ether oxygens (including phenoxy) is 1. The van der Waals surface area contributed by atoms with Gasteiger partial charge in [0.15, 0.2) is 0 Å². The van der Waals surface area contributed by atoms with Crippen LogP contribution in [0.4, 0.5) is 5.69 Å². The summed E-state index contributed by atoms with van der Waals surface area (Å²) in [7, 11) is 1.91. The summed E-state index contributed by atoms with van der Waals surface area (Å²) < 4.78 is 5.63. The van der Waals surface area contributed by atoms with Gasteiger partial charge in [-0.1, -0.05) is 24.3 Å². The largest absolute Gasteiger partial charge is 0.492 e. The second-order valence-corrected chi connectivity index (χ2v) is 6.06. The van der Waals surface area contributed by atoms with E-state index in [9.17, 15) is 4.79 Å². The van der Waals surface area contributed by atoms with Crippen molar-refractivity contribution in [3.63, 3.8) is 0 Å². The van der Waals surface area contributed by atoms with E-state index in [0.29, 0.717) is 19.7 Å². The first-order valence-corrected chi connectivity index (χ1v) is 8.70. The fraction of sp³-hybridized carbons (Fsp3) is 0.278. The van der Waals surface area contributed by atoms with Crippen LogP contribution in [-0.4, -0.2) is 43.8 Å². The molecule has 1 amide bonds. The third-order valence-corrected chi connectivity index (χ3v) is 3.98. The predicted octanol–water partition coefficient (Wildman–Crippen LogP) is 3.36. The number of amides is 1. The van der Waals surface area contributed by atoms with Crippen molar-refractivity contribution in [1.82, 2.24) is 4.90 Å². The zero-order valence-corrected chi connectivity index (χ0v) is 14.3. The molecule has 0 aliphatic rings. The van der Waals surface area contributed by atoms with Crippen molar-refractivity contribution >= 4 is 23.4 Å². The molecular weight excluding hydrogens is 308 g/mol. The van der Waals surface area contributed by atoms with Crippen LogP contribution in [-0.2, 0) is 4.79 Å². The molecule has 5 heteroatoms. The molecule has 0 fully saturated rings. The van der Waals surface area contributed by atoms with E-state index in [1.807, 2.05) is 72.8 Å². The highest BCUT2D eigenvalue weighted by molar-refractivity contribution is 7.98. The number of hydrogen-bond acceptors (Lipinski definition) is 4. The SMILES string of the molecule is CSc1cccc(NC(=O)CN(C)CCOc2ccccc2)c1. The molecule has 0 atom stereocenters. The van der Waals surface area contributed by atoms with Crippen molar-refractivity contribution in [3.8, 4) is 5.75 Å². The van der Waals surface area contributed by atoms with Crippen LogP contribution in [0.5, 0.6) is 5.75 Å². The molecule has 122 valence electrons. The van der Waals surface area contributed by atoms with E-state index >= 15 is 0 Å². The quantitative estimate of drug-likeness (QED) is 0.754. The molecule has 23 heavy (non-hydrogen) atoms. The van der Waals surface area contributed by atoms with E-state index in [-0.39, 0.29) is 5.91 Å². The summed E-state index contributed by atoms with van der Waals surface area (Å²) in [6.45, 7) is 1.57. The number of anilines is 1. The lowest BCUT2D eigenvalue weighted by Crippen LogP contribution is -2.33. The average molecular weight is 330 g/mol. The molecule has 0 aromatic heterocycles. The van der Waals surface area contributed by atoms with E-state index in [4.69, 9.17) is 4.74 Å². The van der Waals surface area contributed by atoms with Gasteiger partial charge in [-0.3, -0.25) is 9.69 Å². The minimum absolute atomic E-state index is 0.0227. The molecule has 0 saturated carbocycles. The Balaban J connectivity index is 1.71. The van der Waals surface area contributed by atoms with Crippen LogP contribution >= 0.6 is 11.8 Å². The van der Waals surface area contributed by atoms with Crippen molar-refractivity contribution in [1.29, 1.82) is 0 Å². The molecule has 0 unspecified atom stereocenters. The Hall–Kier alpha value is -1.98. The number of hydrogen-bond donors (Lipinski definition) is 1. The number of thioether (sulfide) groups is 1. The molecule has 2 rings (SSSR count). The van der Waals surface area contributed by atoms with E-state index in [1.165, 1.54) is 0 Å². The standard InChI is InChI=1S/C18H22N2O2S/c1-20(11-12-22-16-8-4-3-5-9-16)14-18(21)19-15-7-6-10-17(13-15)23-2/h3-10,13H,11-12,14H2,1-2H3,(H,19,21). The number of likely N-dealkylation sites (N-methyl/N-ethyl adjacent to an activating group) is 1. The lowest BCUT2D eigenvalue weighted by Gasteiger charge is -2.16. The van der Waals surface area contributed by atoms with Crippen molar-refractivity contribution < 1.29 is 9.53 Å². The molecule has 2 aromatic rings. The molecule has 1 N–H and O–H groups in total. The Kier molecular flexibility index (Phi) is 6.97. The molecule has 0 aliphatic carbocycles. The van der Waals surface area contributed by atoms with Crippen LogP contribution in [0.1, 0.15) is 0 Å². The summed E-state index contributed by atoms with van der Waals surface area (Å²) in [6.07, 6.45) is 2.02. The molecule has 0 aliphatic heterocycles. The zero-order valence-electron chi connectivity index (χ0n) is 13.5. The Morgan fingerprint density at radius 1 is 1.17 bits per heavy atom. The fourth-order valence-corrected chi connectivity index (χ4v) is 2.52. The average Bonchev–Trinajstić information content (AvgIpc) is 2.56. The maximum absolute atomic E-state index is 12.1. The maximum Gasteiger partial charge on any atom is 0.238 e. The third kappa shape index (κ3) is 6.34. The number of benzene rings is 2. The van der Waals surface area contributed by atoms with Crippen LogP contribution in [0.2, 0.25) is 0 Å². The number of nitrogens with zero attached hydrogens (tertiary/aromatic N) is 1. The van der Waals surface area contributed by atoms with Crippen LogP contribution in [0, 0.1) is 0 Å². The molecule has 0 radical (unpaired) electrons. The van der Waals surface area contributed by atoms with Crippen molar-refractivity contribution in [2.45, 2.75) is 4.90 Å². The Morgan fingerprint density at radius 3 is 2.70 bits per heavy atom. The number of rotatable bonds is 8. The molecular formula is C18H22N2O2S. The number of para-hydroxylation sites is 1.